The summed E-state index contributed by atoms with van der Waals surface area (Å²) in [5.41, 5.74) is 1.89. The monoisotopic (exact) mass is 230 g/mol. The number of hydrogen-bond acceptors (Lipinski definition) is 4. The van der Waals surface area contributed by atoms with Crippen LogP contribution >= 0.6 is 0 Å². The third kappa shape index (κ3) is 2.18. The first-order valence-electron chi connectivity index (χ1n) is 5.29. The maximum atomic E-state index is 12.0. The molecule has 5 heteroatoms. The van der Waals surface area contributed by atoms with Crippen molar-refractivity contribution in [2.45, 2.75) is 6.92 Å². The van der Waals surface area contributed by atoms with Crippen molar-refractivity contribution in [1.29, 1.82) is 0 Å². The summed E-state index contributed by atoms with van der Waals surface area (Å²) in [7, 11) is 3.73. The molecule has 17 heavy (non-hydrogen) atoms. The minimum absolute atomic E-state index is 0.0950. The number of ketones is 1. The minimum Gasteiger partial charge on any atom is -0.383 e. The van der Waals surface area contributed by atoms with Gasteiger partial charge in [0.1, 0.15) is 5.69 Å². The van der Waals surface area contributed by atoms with Crippen LogP contribution in [0.25, 0.3) is 5.65 Å². The van der Waals surface area contributed by atoms with Crippen LogP contribution in [0, 0.1) is 6.92 Å². The van der Waals surface area contributed by atoms with Crippen molar-refractivity contribution in [1.82, 2.24) is 19.5 Å². The molecule has 0 N–H and O–H groups in total. The predicted molar refractivity (Wildman–Crippen MR) is 64.9 cm³/mol. The fourth-order valence-electron chi connectivity index (χ4n) is 1.58. The molecule has 0 saturated carbocycles. The zero-order valence-corrected chi connectivity index (χ0v) is 10.1. The highest BCUT2D eigenvalue weighted by molar-refractivity contribution is 6.04. The fourth-order valence-corrected chi connectivity index (χ4v) is 1.58. The van der Waals surface area contributed by atoms with Gasteiger partial charge < -0.3 is 4.90 Å². The molecule has 0 unspecified atom stereocenters. The molecule has 0 aromatic carbocycles. The van der Waals surface area contributed by atoms with Gasteiger partial charge in [0.05, 0.1) is 5.69 Å². The summed E-state index contributed by atoms with van der Waals surface area (Å²) in [6.45, 7) is 1.81. The second-order valence-corrected chi connectivity index (χ2v) is 3.98. The van der Waals surface area contributed by atoms with E-state index in [1.807, 2.05) is 32.0 Å². The lowest BCUT2D eigenvalue weighted by molar-refractivity contribution is 0.103. The van der Waals surface area contributed by atoms with E-state index in [9.17, 15) is 4.79 Å². The van der Waals surface area contributed by atoms with Crippen LogP contribution in [0.15, 0.2) is 30.6 Å². The van der Waals surface area contributed by atoms with Crippen molar-refractivity contribution in [3.8, 4) is 0 Å². The Morgan fingerprint density at radius 1 is 1.47 bits per heavy atom. The Morgan fingerprint density at radius 3 is 2.94 bits per heavy atom. The highest BCUT2D eigenvalue weighted by Crippen LogP contribution is 2.11. The van der Waals surface area contributed by atoms with Gasteiger partial charge in [-0.15, -0.1) is 0 Å². The predicted octanol–water partition coefficient (Wildman–Crippen LogP) is 1.30. The minimum atomic E-state index is -0.0950. The van der Waals surface area contributed by atoms with Crippen molar-refractivity contribution in [2.24, 2.45) is 0 Å². The number of carbonyl (C=O) groups excluding carboxylic acids is 1. The van der Waals surface area contributed by atoms with Crippen LogP contribution in [0.4, 0.5) is 0 Å². The molecule has 0 spiro atoms. The first-order chi connectivity index (χ1) is 8.09. The Morgan fingerprint density at radius 2 is 2.24 bits per heavy atom. The summed E-state index contributed by atoms with van der Waals surface area (Å²) >= 11 is 0. The Bertz CT molecular complexity index is 583. The SMILES string of the molecule is Cc1nc2cccnn2c1C(=O)/C=C/N(C)C. The Hall–Kier alpha value is -2.17. The lowest BCUT2D eigenvalue weighted by Gasteiger charge is -2.02. The first-order valence-corrected chi connectivity index (χ1v) is 5.29. The summed E-state index contributed by atoms with van der Waals surface area (Å²) in [5, 5.41) is 4.14. The summed E-state index contributed by atoms with van der Waals surface area (Å²) in [6, 6.07) is 3.62. The lowest BCUT2D eigenvalue weighted by Crippen LogP contribution is -2.07. The van der Waals surface area contributed by atoms with E-state index in [4.69, 9.17) is 0 Å². The molecule has 0 amide bonds. The molecule has 2 rings (SSSR count). The number of aryl methyl sites for hydroxylation is 1. The van der Waals surface area contributed by atoms with E-state index in [0.717, 1.165) is 0 Å². The molecule has 0 radical (unpaired) electrons. The molecule has 0 atom stereocenters. The van der Waals surface area contributed by atoms with Crippen LogP contribution in [0.2, 0.25) is 0 Å². The number of hydrogen-bond donors (Lipinski definition) is 0. The maximum absolute atomic E-state index is 12.0. The Balaban J connectivity index is 2.48. The van der Waals surface area contributed by atoms with E-state index in [2.05, 4.69) is 10.1 Å². The molecule has 2 aromatic heterocycles. The van der Waals surface area contributed by atoms with Crippen molar-refractivity contribution in [3.63, 3.8) is 0 Å². The van der Waals surface area contributed by atoms with E-state index in [0.29, 0.717) is 17.0 Å². The Labute approximate surface area is 99.4 Å². The molecule has 0 fully saturated rings. The second kappa shape index (κ2) is 4.37. The Kier molecular flexibility index (Phi) is 2.91. The molecule has 2 heterocycles. The van der Waals surface area contributed by atoms with E-state index in [1.165, 1.54) is 6.08 Å². The van der Waals surface area contributed by atoms with Crippen molar-refractivity contribution >= 4 is 11.4 Å². The van der Waals surface area contributed by atoms with Crippen LogP contribution in [-0.2, 0) is 0 Å². The average Bonchev–Trinajstić information content (AvgIpc) is 2.61. The van der Waals surface area contributed by atoms with Gasteiger partial charge >= 0.3 is 0 Å². The van der Waals surface area contributed by atoms with Gasteiger partial charge in [-0.1, -0.05) is 0 Å². The number of carbonyl (C=O) groups is 1. The first kappa shape index (κ1) is 11.3. The molecule has 0 aliphatic carbocycles. The smallest absolute Gasteiger partial charge is 0.207 e. The number of fused-ring (bicyclic) bond motifs is 1. The normalized spacial score (nSPS) is 11.2. The number of aromatic nitrogens is 3. The maximum Gasteiger partial charge on any atom is 0.207 e. The number of nitrogens with zero attached hydrogens (tertiary/aromatic N) is 4. The standard InChI is InChI=1S/C12H14N4O/c1-9-12(10(17)6-8-15(2)3)16-11(14-9)5-4-7-13-16/h4-8H,1-3H3/b8-6+. The van der Waals surface area contributed by atoms with E-state index >= 15 is 0 Å². The molecule has 0 saturated heterocycles. The summed E-state index contributed by atoms with van der Waals surface area (Å²) < 4.78 is 1.57. The third-order valence-corrected chi connectivity index (χ3v) is 2.32. The summed E-state index contributed by atoms with van der Waals surface area (Å²) in [4.78, 5) is 18.1. The van der Waals surface area contributed by atoms with Gasteiger partial charge in [-0.25, -0.2) is 9.50 Å². The number of rotatable bonds is 3. The van der Waals surface area contributed by atoms with Gasteiger partial charge in [0.2, 0.25) is 5.78 Å². The van der Waals surface area contributed by atoms with E-state index in [-0.39, 0.29) is 5.78 Å². The van der Waals surface area contributed by atoms with Crippen molar-refractivity contribution < 1.29 is 4.79 Å². The van der Waals surface area contributed by atoms with Crippen LogP contribution in [0.1, 0.15) is 16.2 Å². The van der Waals surface area contributed by atoms with Crippen LogP contribution in [0.3, 0.4) is 0 Å². The lowest BCUT2D eigenvalue weighted by atomic mass is 10.2. The summed E-state index contributed by atoms with van der Waals surface area (Å²) in [5.74, 6) is -0.0950. The zero-order chi connectivity index (χ0) is 12.4. The molecule has 88 valence electrons. The van der Waals surface area contributed by atoms with Crippen molar-refractivity contribution in [3.05, 3.63) is 42.0 Å². The van der Waals surface area contributed by atoms with Gasteiger partial charge in [0.25, 0.3) is 0 Å². The average molecular weight is 230 g/mol. The zero-order valence-electron chi connectivity index (χ0n) is 10.1. The largest absolute Gasteiger partial charge is 0.383 e. The molecule has 0 bridgehead atoms. The van der Waals surface area contributed by atoms with E-state index < -0.39 is 0 Å². The summed E-state index contributed by atoms with van der Waals surface area (Å²) in [6.07, 6.45) is 4.87. The second-order valence-electron chi connectivity index (χ2n) is 3.98. The quantitative estimate of drug-likeness (QED) is 0.589. The van der Waals surface area contributed by atoms with Gasteiger partial charge in [0, 0.05) is 32.6 Å². The molecule has 5 nitrogen and oxygen atoms in total. The number of allylic oxidation sites excluding steroid dienone is 1. The number of imidazole rings is 1. The topological polar surface area (TPSA) is 50.5 Å². The fraction of sp³-hybridized carbons (Fsp3) is 0.250. The van der Waals surface area contributed by atoms with Gasteiger partial charge in [-0.05, 0) is 19.1 Å². The van der Waals surface area contributed by atoms with Gasteiger partial charge in [0.15, 0.2) is 5.65 Å². The highest BCUT2D eigenvalue weighted by atomic mass is 16.1. The van der Waals surface area contributed by atoms with Crippen molar-refractivity contribution in [2.75, 3.05) is 14.1 Å². The van der Waals surface area contributed by atoms with Gasteiger partial charge in [-0.3, -0.25) is 4.79 Å². The molecular formula is C12H14N4O. The van der Waals surface area contributed by atoms with Crippen LogP contribution in [-0.4, -0.2) is 39.4 Å². The van der Waals surface area contributed by atoms with Crippen LogP contribution in [0.5, 0.6) is 0 Å². The van der Waals surface area contributed by atoms with Crippen LogP contribution < -0.4 is 0 Å². The molecule has 2 aromatic rings. The highest BCUT2D eigenvalue weighted by Gasteiger charge is 2.14. The molecular weight excluding hydrogens is 216 g/mol. The molecule has 0 aliphatic heterocycles. The molecule has 0 aliphatic rings. The third-order valence-electron chi connectivity index (χ3n) is 2.32. The van der Waals surface area contributed by atoms with E-state index in [1.54, 1.807) is 23.0 Å². The van der Waals surface area contributed by atoms with Gasteiger partial charge in [-0.2, -0.15) is 5.10 Å².